The largest absolute Gasteiger partial charge is 0.395 e. The summed E-state index contributed by atoms with van der Waals surface area (Å²) in [5.74, 6) is -0.521. The van der Waals surface area contributed by atoms with Gasteiger partial charge in [0.1, 0.15) is 11.6 Å². The molecule has 0 atom stereocenters. The van der Waals surface area contributed by atoms with E-state index in [1.54, 1.807) is 12.1 Å². The number of nitriles is 1. The van der Waals surface area contributed by atoms with E-state index in [0.717, 1.165) is 0 Å². The van der Waals surface area contributed by atoms with Crippen LogP contribution >= 0.6 is 0 Å². The molecule has 0 saturated carbocycles. The zero-order chi connectivity index (χ0) is 13.1. The second-order valence-electron chi connectivity index (χ2n) is 3.11. The smallest absolute Gasteiger partial charge is 0.266 e. The van der Waals surface area contributed by atoms with Crippen molar-refractivity contribution in [2.45, 2.75) is 0 Å². The van der Waals surface area contributed by atoms with Gasteiger partial charge in [0.25, 0.3) is 5.91 Å². The van der Waals surface area contributed by atoms with Crippen LogP contribution in [-0.4, -0.2) is 53.9 Å². The number of nitrogens with zero attached hydrogens (tertiary/aromatic N) is 2. The Morgan fingerprint density at radius 3 is 2.41 bits per heavy atom. The van der Waals surface area contributed by atoms with E-state index < -0.39 is 5.91 Å². The molecule has 3 N–H and O–H groups in total. The van der Waals surface area contributed by atoms with Crippen LogP contribution in [0.2, 0.25) is 0 Å². The number of carbonyl (C=O) groups is 1. The van der Waals surface area contributed by atoms with Crippen LogP contribution in [0.3, 0.4) is 0 Å². The Balaban J connectivity index is 4.63. The molecule has 0 spiro atoms. The molecule has 0 aromatic rings. The molecule has 0 heterocycles. The van der Waals surface area contributed by atoms with Crippen LogP contribution in [-0.2, 0) is 4.79 Å². The lowest BCUT2D eigenvalue weighted by Crippen LogP contribution is -2.37. The second-order valence-corrected chi connectivity index (χ2v) is 3.11. The lowest BCUT2D eigenvalue weighted by atomic mass is 10.2. The molecule has 0 aromatic heterocycles. The summed E-state index contributed by atoms with van der Waals surface area (Å²) in [6.07, 6.45) is 2.89. The lowest BCUT2D eigenvalue weighted by Gasteiger charge is -2.19. The van der Waals surface area contributed by atoms with E-state index in [9.17, 15) is 4.79 Å². The third kappa shape index (κ3) is 5.70. The van der Waals surface area contributed by atoms with Gasteiger partial charge in [-0.2, -0.15) is 5.26 Å². The van der Waals surface area contributed by atoms with Crippen LogP contribution in [0, 0.1) is 11.3 Å². The molecule has 1 amide bonds. The molecule has 0 aliphatic heterocycles. The van der Waals surface area contributed by atoms with Crippen LogP contribution in [0.1, 0.15) is 0 Å². The molecule has 0 fully saturated rings. The van der Waals surface area contributed by atoms with Crippen molar-refractivity contribution in [2.24, 2.45) is 0 Å². The Hall–Kier alpha value is -1.84. The SMILES string of the molecule is C=CCN/C=C(/C#N)C(=O)N(CCO)CCO. The molecule has 0 aliphatic rings. The minimum atomic E-state index is -0.521. The number of carbonyl (C=O) groups excluding carboxylic acids is 1. The first-order valence-electron chi connectivity index (χ1n) is 5.16. The van der Waals surface area contributed by atoms with Crippen molar-refractivity contribution in [2.75, 3.05) is 32.8 Å². The highest BCUT2D eigenvalue weighted by molar-refractivity contribution is 5.97. The molecule has 6 nitrogen and oxygen atoms in total. The Morgan fingerprint density at radius 2 is 2.00 bits per heavy atom. The van der Waals surface area contributed by atoms with Gasteiger partial charge in [-0.15, -0.1) is 6.58 Å². The number of aliphatic hydroxyl groups excluding tert-OH is 2. The summed E-state index contributed by atoms with van der Waals surface area (Å²) in [7, 11) is 0. The Kier molecular flexibility index (Phi) is 8.37. The molecule has 0 radical (unpaired) electrons. The molecule has 6 heteroatoms. The zero-order valence-electron chi connectivity index (χ0n) is 9.59. The highest BCUT2D eigenvalue weighted by Crippen LogP contribution is 2.00. The van der Waals surface area contributed by atoms with Crippen molar-refractivity contribution in [3.8, 4) is 6.07 Å². The van der Waals surface area contributed by atoms with E-state index >= 15 is 0 Å². The minimum absolute atomic E-state index is 0.0752. The van der Waals surface area contributed by atoms with Gasteiger partial charge in [0.05, 0.1) is 13.2 Å². The average molecular weight is 239 g/mol. The van der Waals surface area contributed by atoms with E-state index in [1.165, 1.54) is 11.1 Å². The number of rotatable bonds is 8. The maximum absolute atomic E-state index is 11.8. The van der Waals surface area contributed by atoms with Crippen molar-refractivity contribution >= 4 is 5.91 Å². The summed E-state index contributed by atoms with van der Waals surface area (Å²) in [5.41, 5.74) is -0.0752. The minimum Gasteiger partial charge on any atom is -0.395 e. The Bertz CT molecular complexity index is 314. The third-order valence-corrected chi connectivity index (χ3v) is 1.89. The standard InChI is InChI=1S/C11H17N3O3/c1-2-3-13-9-10(8-12)11(17)14(4-6-15)5-7-16/h2,9,13,15-16H,1,3-7H2/b10-9-. The monoisotopic (exact) mass is 239 g/mol. The van der Waals surface area contributed by atoms with Crippen LogP contribution in [0.25, 0.3) is 0 Å². The average Bonchev–Trinajstić information content (AvgIpc) is 2.34. The Labute approximate surface area is 100 Å². The van der Waals surface area contributed by atoms with Gasteiger partial charge in [-0.1, -0.05) is 6.08 Å². The number of hydrogen-bond acceptors (Lipinski definition) is 5. The van der Waals surface area contributed by atoms with Crippen molar-refractivity contribution in [3.63, 3.8) is 0 Å². The van der Waals surface area contributed by atoms with Crippen molar-refractivity contribution in [3.05, 3.63) is 24.4 Å². The fraction of sp³-hybridized carbons (Fsp3) is 0.455. The fourth-order valence-electron chi connectivity index (χ4n) is 1.11. The predicted octanol–water partition coefficient (Wildman–Crippen LogP) is -1.02. The summed E-state index contributed by atoms with van der Waals surface area (Å²) in [6.45, 7) is 3.66. The molecule has 0 aromatic carbocycles. The molecule has 17 heavy (non-hydrogen) atoms. The number of amides is 1. The van der Waals surface area contributed by atoms with Gasteiger partial charge in [0.2, 0.25) is 0 Å². The molecule has 94 valence electrons. The number of hydrogen-bond donors (Lipinski definition) is 3. The van der Waals surface area contributed by atoms with Gasteiger partial charge in [-0.05, 0) is 0 Å². The normalized spacial score (nSPS) is 10.5. The lowest BCUT2D eigenvalue weighted by molar-refractivity contribution is -0.127. The quantitative estimate of drug-likeness (QED) is 0.218. The molecule has 0 rings (SSSR count). The van der Waals surface area contributed by atoms with Gasteiger partial charge >= 0.3 is 0 Å². The summed E-state index contributed by atoms with van der Waals surface area (Å²) >= 11 is 0. The summed E-state index contributed by atoms with van der Waals surface area (Å²) in [4.78, 5) is 13.0. The van der Waals surface area contributed by atoms with Gasteiger partial charge in [0.15, 0.2) is 0 Å². The maximum atomic E-state index is 11.8. The summed E-state index contributed by atoms with van der Waals surface area (Å²) in [5, 5.41) is 29.1. The van der Waals surface area contributed by atoms with E-state index in [-0.39, 0.29) is 31.9 Å². The molecule has 0 unspecified atom stereocenters. The van der Waals surface area contributed by atoms with Crippen LogP contribution in [0.5, 0.6) is 0 Å². The van der Waals surface area contributed by atoms with E-state index in [4.69, 9.17) is 15.5 Å². The third-order valence-electron chi connectivity index (χ3n) is 1.89. The maximum Gasteiger partial charge on any atom is 0.266 e. The fourth-order valence-corrected chi connectivity index (χ4v) is 1.11. The van der Waals surface area contributed by atoms with Gasteiger partial charge < -0.3 is 20.4 Å². The molecular weight excluding hydrogens is 222 g/mol. The zero-order valence-corrected chi connectivity index (χ0v) is 9.59. The van der Waals surface area contributed by atoms with Gasteiger partial charge in [-0.3, -0.25) is 4.79 Å². The van der Waals surface area contributed by atoms with Crippen LogP contribution < -0.4 is 5.32 Å². The van der Waals surface area contributed by atoms with Crippen molar-refractivity contribution < 1.29 is 15.0 Å². The first-order chi connectivity index (χ1) is 8.21. The molecule has 0 aliphatic carbocycles. The Morgan fingerprint density at radius 1 is 1.41 bits per heavy atom. The first kappa shape index (κ1) is 15.2. The molecule has 0 bridgehead atoms. The first-order valence-corrected chi connectivity index (χ1v) is 5.16. The summed E-state index contributed by atoms with van der Waals surface area (Å²) < 4.78 is 0. The topological polar surface area (TPSA) is 96.6 Å². The summed E-state index contributed by atoms with van der Waals surface area (Å²) in [6, 6.07) is 1.77. The highest BCUT2D eigenvalue weighted by atomic mass is 16.3. The number of nitrogens with one attached hydrogen (secondary N) is 1. The van der Waals surface area contributed by atoms with Gasteiger partial charge in [-0.25, -0.2) is 0 Å². The molecular formula is C11H17N3O3. The van der Waals surface area contributed by atoms with E-state index in [0.29, 0.717) is 6.54 Å². The van der Waals surface area contributed by atoms with E-state index in [1.807, 2.05) is 0 Å². The second kappa shape index (κ2) is 9.39. The molecule has 0 saturated heterocycles. The number of aliphatic hydroxyl groups is 2. The van der Waals surface area contributed by atoms with Crippen LogP contribution in [0.15, 0.2) is 24.4 Å². The van der Waals surface area contributed by atoms with Crippen molar-refractivity contribution in [1.82, 2.24) is 10.2 Å². The van der Waals surface area contributed by atoms with Crippen LogP contribution in [0.4, 0.5) is 0 Å². The van der Waals surface area contributed by atoms with Gasteiger partial charge in [0, 0.05) is 25.8 Å². The predicted molar refractivity (Wildman–Crippen MR) is 62.6 cm³/mol. The highest BCUT2D eigenvalue weighted by Gasteiger charge is 2.16. The van der Waals surface area contributed by atoms with Crippen molar-refractivity contribution in [1.29, 1.82) is 5.26 Å². The van der Waals surface area contributed by atoms with E-state index in [2.05, 4.69) is 11.9 Å².